The highest BCUT2D eigenvalue weighted by Gasteiger charge is 2.47. The van der Waals surface area contributed by atoms with Gasteiger partial charge >= 0.3 is 0 Å². The van der Waals surface area contributed by atoms with E-state index in [1.54, 1.807) is 0 Å². The van der Waals surface area contributed by atoms with Crippen LogP contribution in [0.4, 0.5) is 0 Å². The third kappa shape index (κ3) is 3.25. The van der Waals surface area contributed by atoms with Crippen LogP contribution in [-0.2, 0) is 5.41 Å². The van der Waals surface area contributed by atoms with Gasteiger partial charge in [0.15, 0.2) is 0 Å². The molecule has 2 atom stereocenters. The van der Waals surface area contributed by atoms with Crippen LogP contribution in [0.15, 0.2) is 66.4 Å². The summed E-state index contributed by atoms with van der Waals surface area (Å²) in [5.41, 5.74) is 3.77. The molecule has 0 aliphatic carbocycles. The Morgan fingerprint density at radius 2 is 1.58 bits per heavy atom. The first kappa shape index (κ1) is 18.6. The fraction of sp³-hybridized carbons (Fsp3) is 0.417. The summed E-state index contributed by atoms with van der Waals surface area (Å²) in [6.45, 7) is 10.7. The van der Waals surface area contributed by atoms with E-state index < -0.39 is 0 Å². The van der Waals surface area contributed by atoms with Crippen molar-refractivity contribution in [3.8, 4) is 5.75 Å². The van der Waals surface area contributed by atoms with Crippen molar-refractivity contribution in [1.29, 1.82) is 0 Å². The summed E-state index contributed by atoms with van der Waals surface area (Å²) in [7, 11) is 2.21. The standard InChI is InChI=1S/C24H31NO/c1-7-22-24(17-18(2)25(22)6,19-11-9-8-10-12-19)20-13-15-21(16-14-20)26-23(3,4)5/h7-16,18H,17H2,1-6H3. The molecule has 138 valence electrons. The number of likely N-dealkylation sites (tertiary alicyclic amines) is 1. The molecule has 0 radical (unpaired) electrons. The van der Waals surface area contributed by atoms with Gasteiger partial charge in [-0.05, 0) is 64.3 Å². The molecule has 0 bridgehead atoms. The molecule has 0 N–H and O–H groups in total. The summed E-state index contributed by atoms with van der Waals surface area (Å²) in [6.07, 6.45) is 3.35. The fourth-order valence-electron chi connectivity index (χ4n) is 4.25. The maximum Gasteiger partial charge on any atom is 0.120 e. The maximum absolute atomic E-state index is 6.03. The number of allylic oxidation sites excluding steroid dienone is 2. The Labute approximate surface area is 158 Å². The Hall–Kier alpha value is -2.22. The number of likely N-dealkylation sites (N-methyl/N-ethyl adjacent to an activating group) is 1. The topological polar surface area (TPSA) is 12.5 Å². The Kier molecular flexibility index (Phi) is 4.88. The van der Waals surface area contributed by atoms with Crippen molar-refractivity contribution in [2.75, 3.05) is 7.05 Å². The fourth-order valence-corrected chi connectivity index (χ4v) is 4.25. The van der Waals surface area contributed by atoms with Gasteiger partial charge in [-0.3, -0.25) is 0 Å². The molecule has 0 aromatic heterocycles. The van der Waals surface area contributed by atoms with Crippen LogP contribution in [0.25, 0.3) is 0 Å². The number of hydrogen-bond donors (Lipinski definition) is 0. The van der Waals surface area contributed by atoms with Crippen molar-refractivity contribution in [1.82, 2.24) is 4.90 Å². The molecule has 1 saturated heterocycles. The van der Waals surface area contributed by atoms with Crippen LogP contribution in [0.2, 0.25) is 0 Å². The third-order valence-corrected chi connectivity index (χ3v) is 5.39. The summed E-state index contributed by atoms with van der Waals surface area (Å²) in [4.78, 5) is 2.42. The lowest BCUT2D eigenvalue weighted by Gasteiger charge is -2.33. The zero-order valence-electron chi connectivity index (χ0n) is 16.9. The van der Waals surface area contributed by atoms with E-state index in [1.165, 1.54) is 16.8 Å². The van der Waals surface area contributed by atoms with E-state index in [9.17, 15) is 0 Å². The molecule has 2 unspecified atom stereocenters. The molecule has 0 spiro atoms. The Balaban J connectivity index is 2.11. The Morgan fingerprint density at radius 3 is 2.12 bits per heavy atom. The van der Waals surface area contributed by atoms with Gasteiger partial charge in [-0.1, -0.05) is 48.5 Å². The second kappa shape index (κ2) is 6.83. The molecular formula is C24H31NO. The second-order valence-corrected chi connectivity index (χ2v) is 8.35. The highest BCUT2D eigenvalue weighted by Crippen LogP contribution is 2.50. The largest absolute Gasteiger partial charge is 0.488 e. The summed E-state index contributed by atoms with van der Waals surface area (Å²) < 4.78 is 6.03. The molecule has 2 heteroatoms. The highest BCUT2D eigenvalue weighted by atomic mass is 16.5. The SMILES string of the molecule is CC=C1N(C)C(C)CC1(c1ccccc1)c1ccc(OC(C)(C)C)cc1. The van der Waals surface area contributed by atoms with Crippen molar-refractivity contribution < 1.29 is 4.74 Å². The van der Waals surface area contributed by atoms with Crippen LogP contribution >= 0.6 is 0 Å². The molecule has 2 nitrogen and oxygen atoms in total. The first-order valence-corrected chi connectivity index (χ1v) is 9.52. The molecule has 1 aliphatic rings. The number of rotatable bonds is 3. The van der Waals surface area contributed by atoms with Gasteiger partial charge in [-0.25, -0.2) is 0 Å². The van der Waals surface area contributed by atoms with E-state index in [2.05, 4.69) is 107 Å². The van der Waals surface area contributed by atoms with Gasteiger partial charge in [0, 0.05) is 18.8 Å². The minimum absolute atomic E-state index is 0.107. The molecular weight excluding hydrogens is 318 g/mol. The summed E-state index contributed by atoms with van der Waals surface area (Å²) in [5, 5.41) is 0. The van der Waals surface area contributed by atoms with Gasteiger partial charge in [0.25, 0.3) is 0 Å². The predicted octanol–water partition coefficient (Wildman–Crippen LogP) is 5.78. The van der Waals surface area contributed by atoms with Crippen LogP contribution in [-0.4, -0.2) is 23.6 Å². The molecule has 2 aromatic carbocycles. The van der Waals surface area contributed by atoms with E-state index in [4.69, 9.17) is 4.74 Å². The molecule has 0 saturated carbocycles. The van der Waals surface area contributed by atoms with E-state index >= 15 is 0 Å². The van der Waals surface area contributed by atoms with E-state index in [0.29, 0.717) is 6.04 Å². The minimum atomic E-state index is -0.185. The summed E-state index contributed by atoms with van der Waals surface area (Å²) in [5.74, 6) is 0.922. The monoisotopic (exact) mass is 349 g/mol. The molecule has 0 amide bonds. The van der Waals surface area contributed by atoms with Crippen molar-refractivity contribution in [2.24, 2.45) is 0 Å². The van der Waals surface area contributed by atoms with Gasteiger partial charge in [0.1, 0.15) is 11.4 Å². The zero-order chi connectivity index (χ0) is 18.9. The quantitative estimate of drug-likeness (QED) is 0.696. The predicted molar refractivity (Wildman–Crippen MR) is 110 cm³/mol. The Bertz CT molecular complexity index is 770. The van der Waals surface area contributed by atoms with Crippen LogP contribution in [0.3, 0.4) is 0 Å². The highest BCUT2D eigenvalue weighted by molar-refractivity contribution is 5.51. The molecule has 2 aromatic rings. The summed E-state index contributed by atoms with van der Waals surface area (Å²) >= 11 is 0. The molecule has 1 aliphatic heterocycles. The van der Waals surface area contributed by atoms with Crippen LogP contribution in [0, 0.1) is 0 Å². The van der Waals surface area contributed by atoms with Gasteiger partial charge in [-0.15, -0.1) is 0 Å². The van der Waals surface area contributed by atoms with Crippen molar-refractivity contribution >= 4 is 0 Å². The first-order chi connectivity index (χ1) is 12.3. The lowest BCUT2D eigenvalue weighted by atomic mass is 9.70. The van der Waals surface area contributed by atoms with E-state index in [1.807, 2.05) is 0 Å². The summed E-state index contributed by atoms with van der Waals surface area (Å²) in [6, 6.07) is 20.1. The van der Waals surface area contributed by atoms with Crippen LogP contribution in [0.5, 0.6) is 5.75 Å². The van der Waals surface area contributed by atoms with E-state index in [0.717, 1.165) is 12.2 Å². The van der Waals surface area contributed by atoms with Gasteiger partial charge in [0.05, 0.1) is 5.41 Å². The average molecular weight is 350 g/mol. The number of nitrogens with zero attached hydrogens (tertiary/aromatic N) is 1. The lowest BCUT2D eigenvalue weighted by molar-refractivity contribution is 0.131. The van der Waals surface area contributed by atoms with Gasteiger partial charge in [-0.2, -0.15) is 0 Å². The molecule has 1 fully saturated rings. The molecule has 26 heavy (non-hydrogen) atoms. The molecule has 3 rings (SSSR count). The average Bonchev–Trinajstić information content (AvgIpc) is 2.86. The molecule has 1 heterocycles. The number of hydrogen-bond acceptors (Lipinski definition) is 2. The van der Waals surface area contributed by atoms with E-state index in [-0.39, 0.29) is 11.0 Å². The van der Waals surface area contributed by atoms with Gasteiger partial charge in [0.2, 0.25) is 0 Å². The van der Waals surface area contributed by atoms with Crippen LogP contribution < -0.4 is 4.74 Å². The van der Waals surface area contributed by atoms with Crippen molar-refractivity contribution in [3.05, 3.63) is 77.5 Å². The number of benzene rings is 2. The lowest BCUT2D eigenvalue weighted by Crippen LogP contribution is -2.29. The Morgan fingerprint density at radius 1 is 1.00 bits per heavy atom. The van der Waals surface area contributed by atoms with Crippen LogP contribution in [0.1, 0.15) is 52.2 Å². The maximum atomic E-state index is 6.03. The number of ether oxygens (including phenoxy) is 1. The van der Waals surface area contributed by atoms with Gasteiger partial charge < -0.3 is 9.64 Å². The smallest absolute Gasteiger partial charge is 0.120 e. The normalized spacial score (nSPS) is 24.9. The minimum Gasteiger partial charge on any atom is -0.488 e. The zero-order valence-corrected chi connectivity index (χ0v) is 16.9. The van der Waals surface area contributed by atoms with Crippen molar-refractivity contribution in [3.63, 3.8) is 0 Å². The first-order valence-electron chi connectivity index (χ1n) is 9.52. The third-order valence-electron chi connectivity index (χ3n) is 5.39. The second-order valence-electron chi connectivity index (χ2n) is 8.35. The van der Waals surface area contributed by atoms with Crippen molar-refractivity contribution in [2.45, 2.75) is 58.1 Å².